The highest BCUT2D eigenvalue weighted by molar-refractivity contribution is 5.58. The number of aryl methyl sites for hydroxylation is 2. The molecule has 128 valence electrons. The normalized spacial score (nSPS) is 15.5. The smallest absolute Gasteiger partial charge is 0.147 e. The summed E-state index contributed by atoms with van der Waals surface area (Å²) < 4.78 is 0. The summed E-state index contributed by atoms with van der Waals surface area (Å²) in [6.07, 6.45) is 4.40. The molecule has 0 atom stereocenters. The van der Waals surface area contributed by atoms with Crippen molar-refractivity contribution in [2.24, 2.45) is 0 Å². The third kappa shape index (κ3) is 4.26. The zero-order chi connectivity index (χ0) is 17.6. The summed E-state index contributed by atoms with van der Waals surface area (Å²) in [4.78, 5) is 9.31. The zero-order valence-electron chi connectivity index (χ0n) is 14.9. The molecule has 1 aromatic heterocycles. The Morgan fingerprint density at radius 1 is 1.12 bits per heavy atom. The Morgan fingerprint density at radius 2 is 1.84 bits per heavy atom. The number of piperazine rings is 1. The van der Waals surface area contributed by atoms with E-state index in [1.54, 1.807) is 0 Å². The number of hydrogen-bond donors (Lipinski definition) is 0. The second kappa shape index (κ2) is 7.96. The number of nitrogens with zero attached hydrogens (tertiary/aromatic N) is 4. The molecule has 0 saturated carbocycles. The van der Waals surface area contributed by atoms with Gasteiger partial charge in [-0.05, 0) is 31.0 Å². The molecule has 3 rings (SSSR count). The van der Waals surface area contributed by atoms with Gasteiger partial charge in [-0.2, -0.15) is 5.26 Å². The van der Waals surface area contributed by atoms with E-state index in [0.717, 1.165) is 49.8 Å². The third-order valence-electron chi connectivity index (χ3n) is 4.58. The van der Waals surface area contributed by atoms with E-state index in [-0.39, 0.29) is 0 Å². The first kappa shape index (κ1) is 17.2. The summed E-state index contributed by atoms with van der Waals surface area (Å²) in [5, 5.41) is 9.46. The van der Waals surface area contributed by atoms with Gasteiger partial charge in [0.15, 0.2) is 0 Å². The van der Waals surface area contributed by atoms with Gasteiger partial charge in [0, 0.05) is 38.4 Å². The molecule has 1 aliphatic rings. The first-order valence-electron chi connectivity index (χ1n) is 8.74. The number of pyridine rings is 1. The Balaban J connectivity index is 1.59. The molecule has 0 N–H and O–H groups in total. The Bertz CT molecular complexity index is 782. The van der Waals surface area contributed by atoms with Crippen molar-refractivity contribution in [3.8, 4) is 6.07 Å². The predicted octanol–water partition coefficient (Wildman–Crippen LogP) is 3.41. The van der Waals surface area contributed by atoms with Crippen LogP contribution in [-0.2, 0) is 0 Å². The van der Waals surface area contributed by atoms with Crippen LogP contribution in [0.4, 0.5) is 5.82 Å². The molecule has 0 aliphatic carbocycles. The lowest BCUT2D eigenvalue weighted by Crippen LogP contribution is -2.47. The summed E-state index contributed by atoms with van der Waals surface area (Å²) in [5.41, 5.74) is 3.93. The Morgan fingerprint density at radius 3 is 2.52 bits per heavy atom. The summed E-state index contributed by atoms with van der Waals surface area (Å²) in [6, 6.07) is 14.7. The number of aromatic nitrogens is 1. The maximum absolute atomic E-state index is 9.46. The standard InChI is InChI=1S/C21H24N4/c1-17-15-18(2)23-21(20(17)16-22)25-13-11-24(12-14-25)10-6-9-19-7-4-3-5-8-19/h3-9,15H,10-14H2,1-2H3. The van der Waals surface area contributed by atoms with Gasteiger partial charge in [-0.3, -0.25) is 4.90 Å². The van der Waals surface area contributed by atoms with Crippen molar-refractivity contribution in [2.75, 3.05) is 37.6 Å². The lowest BCUT2D eigenvalue weighted by Gasteiger charge is -2.35. The number of hydrogen-bond acceptors (Lipinski definition) is 4. The van der Waals surface area contributed by atoms with E-state index < -0.39 is 0 Å². The van der Waals surface area contributed by atoms with Crippen molar-refractivity contribution in [1.29, 1.82) is 5.26 Å². The summed E-state index contributed by atoms with van der Waals surface area (Å²) >= 11 is 0. The second-order valence-electron chi connectivity index (χ2n) is 6.49. The summed E-state index contributed by atoms with van der Waals surface area (Å²) in [5.74, 6) is 0.847. The molecular weight excluding hydrogens is 308 g/mol. The first-order chi connectivity index (χ1) is 12.2. The van der Waals surface area contributed by atoms with Gasteiger partial charge in [0.05, 0.1) is 5.56 Å². The average Bonchev–Trinajstić information content (AvgIpc) is 2.63. The summed E-state index contributed by atoms with van der Waals surface area (Å²) in [7, 11) is 0. The van der Waals surface area contributed by atoms with Crippen molar-refractivity contribution in [2.45, 2.75) is 13.8 Å². The van der Waals surface area contributed by atoms with Crippen LogP contribution in [-0.4, -0.2) is 42.6 Å². The minimum absolute atomic E-state index is 0.711. The molecule has 0 unspecified atom stereocenters. The molecule has 25 heavy (non-hydrogen) atoms. The molecule has 2 aromatic rings. The molecule has 1 aliphatic heterocycles. The van der Waals surface area contributed by atoms with Crippen molar-refractivity contribution in [3.63, 3.8) is 0 Å². The average molecular weight is 332 g/mol. The monoisotopic (exact) mass is 332 g/mol. The van der Waals surface area contributed by atoms with Crippen molar-refractivity contribution in [3.05, 3.63) is 64.9 Å². The fraction of sp³-hybridized carbons (Fsp3) is 0.333. The predicted molar refractivity (Wildman–Crippen MR) is 103 cm³/mol. The van der Waals surface area contributed by atoms with E-state index in [1.165, 1.54) is 5.56 Å². The molecular formula is C21H24N4. The number of anilines is 1. The van der Waals surface area contributed by atoms with Gasteiger partial charge in [-0.25, -0.2) is 4.98 Å². The van der Waals surface area contributed by atoms with Crippen LogP contribution in [0.3, 0.4) is 0 Å². The lowest BCUT2D eigenvalue weighted by molar-refractivity contribution is 0.283. The van der Waals surface area contributed by atoms with Gasteiger partial charge in [0.1, 0.15) is 11.9 Å². The number of nitriles is 1. The van der Waals surface area contributed by atoms with Crippen LogP contribution in [0.5, 0.6) is 0 Å². The molecule has 1 aromatic carbocycles. The summed E-state index contributed by atoms with van der Waals surface area (Å²) in [6.45, 7) is 8.71. The molecule has 0 radical (unpaired) electrons. The zero-order valence-corrected chi connectivity index (χ0v) is 14.9. The first-order valence-corrected chi connectivity index (χ1v) is 8.74. The molecule has 0 amide bonds. The highest BCUT2D eigenvalue weighted by atomic mass is 15.3. The molecule has 1 saturated heterocycles. The quantitative estimate of drug-likeness (QED) is 0.860. The van der Waals surface area contributed by atoms with Gasteiger partial charge < -0.3 is 4.90 Å². The second-order valence-corrected chi connectivity index (χ2v) is 6.49. The van der Waals surface area contributed by atoms with Gasteiger partial charge >= 0.3 is 0 Å². The Hall–Kier alpha value is -2.64. The molecule has 0 bridgehead atoms. The Kier molecular flexibility index (Phi) is 5.47. The van der Waals surface area contributed by atoms with E-state index in [1.807, 2.05) is 26.0 Å². The maximum atomic E-state index is 9.46. The van der Waals surface area contributed by atoms with Gasteiger partial charge in [0.2, 0.25) is 0 Å². The van der Waals surface area contributed by atoms with Gasteiger partial charge in [-0.15, -0.1) is 0 Å². The molecule has 4 nitrogen and oxygen atoms in total. The topological polar surface area (TPSA) is 43.2 Å². The van der Waals surface area contributed by atoms with Crippen molar-refractivity contribution in [1.82, 2.24) is 9.88 Å². The molecule has 0 spiro atoms. The van der Waals surface area contributed by atoms with Gasteiger partial charge in [0.25, 0.3) is 0 Å². The minimum atomic E-state index is 0.711. The van der Waals surface area contributed by atoms with E-state index >= 15 is 0 Å². The highest BCUT2D eigenvalue weighted by Crippen LogP contribution is 2.23. The van der Waals surface area contributed by atoms with Gasteiger partial charge in [-0.1, -0.05) is 42.5 Å². The van der Waals surface area contributed by atoms with Crippen LogP contribution < -0.4 is 4.90 Å². The lowest BCUT2D eigenvalue weighted by atomic mass is 10.1. The fourth-order valence-corrected chi connectivity index (χ4v) is 3.23. The maximum Gasteiger partial charge on any atom is 0.147 e. The molecule has 2 heterocycles. The van der Waals surface area contributed by atoms with Crippen molar-refractivity contribution < 1.29 is 0 Å². The van der Waals surface area contributed by atoms with E-state index in [0.29, 0.717) is 5.56 Å². The Labute approximate surface area is 150 Å². The number of benzene rings is 1. The third-order valence-corrected chi connectivity index (χ3v) is 4.58. The minimum Gasteiger partial charge on any atom is -0.353 e. The van der Waals surface area contributed by atoms with Crippen LogP contribution in [0, 0.1) is 25.2 Å². The van der Waals surface area contributed by atoms with Crippen LogP contribution in [0.15, 0.2) is 42.5 Å². The fourth-order valence-electron chi connectivity index (χ4n) is 3.23. The van der Waals surface area contributed by atoms with E-state index in [9.17, 15) is 5.26 Å². The highest BCUT2D eigenvalue weighted by Gasteiger charge is 2.21. The SMILES string of the molecule is Cc1cc(C)c(C#N)c(N2CCN(CC=Cc3ccccc3)CC2)n1. The van der Waals surface area contributed by atoms with E-state index in [4.69, 9.17) is 0 Å². The van der Waals surface area contributed by atoms with Crippen LogP contribution in [0.2, 0.25) is 0 Å². The van der Waals surface area contributed by atoms with E-state index in [2.05, 4.69) is 57.3 Å². The van der Waals surface area contributed by atoms with Crippen LogP contribution in [0.25, 0.3) is 6.08 Å². The molecule has 1 fully saturated rings. The van der Waals surface area contributed by atoms with Crippen LogP contribution >= 0.6 is 0 Å². The molecule has 4 heteroatoms. The van der Waals surface area contributed by atoms with Crippen LogP contribution in [0.1, 0.15) is 22.4 Å². The largest absolute Gasteiger partial charge is 0.353 e. The van der Waals surface area contributed by atoms with Crippen molar-refractivity contribution >= 4 is 11.9 Å². The number of rotatable bonds is 4.